The van der Waals surface area contributed by atoms with Gasteiger partial charge in [0.15, 0.2) is 0 Å². The SMILES string of the molecule is COCCC(C)NCc1cc(O)ccc1Br. The molecule has 1 atom stereocenters. The summed E-state index contributed by atoms with van der Waals surface area (Å²) in [5.74, 6) is 0.296. The van der Waals surface area contributed by atoms with E-state index in [9.17, 15) is 5.11 Å². The Kier molecular flexibility index (Phi) is 5.80. The van der Waals surface area contributed by atoms with E-state index in [0.717, 1.165) is 29.6 Å². The Labute approximate surface area is 105 Å². The van der Waals surface area contributed by atoms with Crippen LogP contribution in [0, 0.1) is 0 Å². The van der Waals surface area contributed by atoms with Crippen molar-refractivity contribution in [2.45, 2.75) is 25.9 Å². The summed E-state index contributed by atoms with van der Waals surface area (Å²) in [7, 11) is 1.71. The maximum absolute atomic E-state index is 9.38. The molecule has 1 rings (SSSR count). The molecule has 90 valence electrons. The minimum absolute atomic E-state index is 0.296. The first-order chi connectivity index (χ1) is 7.63. The Morgan fingerprint density at radius 2 is 2.25 bits per heavy atom. The highest BCUT2D eigenvalue weighted by molar-refractivity contribution is 9.10. The third-order valence-electron chi connectivity index (χ3n) is 2.43. The van der Waals surface area contributed by atoms with Gasteiger partial charge in [0.2, 0.25) is 0 Å². The average Bonchev–Trinajstić information content (AvgIpc) is 2.27. The van der Waals surface area contributed by atoms with Crippen molar-refractivity contribution in [3.63, 3.8) is 0 Å². The van der Waals surface area contributed by atoms with Gasteiger partial charge in [0.25, 0.3) is 0 Å². The summed E-state index contributed by atoms with van der Waals surface area (Å²) in [5.41, 5.74) is 1.06. The topological polar surface area (TPSA) is 41.5 Å². The molecule has 2 N–H and O–H groups in total. The van der Waals surface area contributed by atoms with Crippen molar-refractivity contribution in [1.29, 1.82) is 0 Å². The van der Waals surface area contributed by atoms with Gasteiger partial charge in [0.1, 0.15) is 5.75 Å². The molecular weight excluding hydrogens is 270 g/mol. The van der Waals surface area contributed by atoms with Gasteiger partial charge in [-0.1, -0.05) is 15.9 Å². The Hall–Kier alpha value is -0.580. The number of ether oxygens (including phenoxy) is 1. The van der Waals surface area contributed by atoms with E-state index in [0.29, 0.717) is 11.8 Å². The molecule has 1 aromatic rings. The molecule has 0 heterocycles. The van der Waals surface area contributed by atoms with E-state index in [1.54, 1.807) is 19.2 Å². The van der Waals surface area contributed by atoms with E-state index in [4.69, 9.17) is 4.74 Å². The molecule has 0 aliphatic rings. The van der Waals surface area contributed by atoms with Crippen molar-refractivity contribution in [3.8, 4) is 5.75 Å². The Bertz CT molecular complexity index is 331. The molecule has 1 unspecified atom stereocenters. The molecular formula is C12H18BrNO2. The molecule has 0 aromatic heterocycles. The van der Waals surface area contributed by atoms with E-state index < -0.39 is 0 Å². The number of hydrogen-bond donors (Lipinski definition) is 2. The largest absolute Gasteiger partial charge is 0.508 e. The highest BCUT2D eigenvalue weighted by Crippen LogP contribution is 2.21. The maximum atomic E-state index is 9.38. The lowest BCUT2D eigenvalue weighted by Gasteiger charge is -2.14. The van der Waals surface area contributed by atoms with E-state index in [1.165, 1.54) is 0 Å². The lowest BCUT2D eigenvalue weighted by Crippen LogP contribution is -2.26. The van der Waals surface area contributed by atoms with Gasteiger partial charge < -0.3 is 15.2 Å². The Balaban J connectivity index is 2.44. The van der Waals surface area contributed by atoms with Crippen LogP contribution in [-0.4, -0.2) is 24.9 Å². The van der Waals surface area contributed by atoms with Crippen LogP contribution < -0.4 is 5.32 Å². The van der Waals surface area contributed by atoms with Gasteiger partial charge in [0, 0.05) is 30.8 Å². The molecule has 0 fully saturated rings. The fourth-order valence-corrected chi connectivity index (χ4v) is 1.76. The molecule has 0 saturated heterocycles. The third-order valence-corrected chi connectivity index (χ3v) is 3.20. The lowest BCUT2D eigenvalue weighted by atomic mass is 10.2. The predicted octanol–water partition coefficient (Wildman–Crippen LogP) is 2.67. The van der Waals surface area contributed by atoms with Crippen molar-refractivity contribution >= 4 is 15.9 Å². The Morgan fingerprint density at radius 3 is 2.94 bits per heavy atom. The van der Waals surface area contributed by atoms with Crippen LogP contribution in [0.15, 0.2) is 22.7 Å². The van der Waals surface area contributed by atoms with Gasteiger partial charge in [-0.3, -0.25) is 0 Å². The zero-order chi connectivity index (χ0) is 12.0. The highest BCUT2D eigenvalue weighted by atomic mass is 79.9. The van der Waals surface area contributed by atoms with Gasteiger partial charge in [0.05, 0.1) is 0 Å². The zero-order valence-corrected chi connectivity index (χ0v) is 11.3. The van der Waals surface area contributed by atoms with Gasteiger partial charge in [-0.05, 0) is 37.1 Å². The quantitative estimate of drug-likeness (QED) is 0.845. The molecule has 0 spiro atoms. The first kappa shape index (κ1) is 13.5. The van der Waals surface area contributed by atoms with Gasteiger partial charge in [-0.2, -0.15) is 0 Å². The van der Waals surface area contributed by atoms with Gasteiger partial charge in [-0.25, -0.2) is 0 Å². The predicted molar refractivity (Wildman–Crippen MR) is 68.6 cm³/mol. The van der Waals surface area contributed by atoms with Crippen LogP contribution in [0.1, 0.15) is 18.9 Å². The molecule has 0 amide bonds. The molecule has 16 heavy (non-hydrogen) atoms. The van der Waals surface area contributed by atoms with Crippen molar-refractivity contribution in [3.05, 3.63) is 28.2 Å². The molecule has 3 nitrogen and oxygen atoms in total. The van der Waals surface area contributed by atoms with Crippen LogP contribution in [0.5, 0.6) is 5.75 Å². The zero-order valence-electron chi connectivity index (χ0n) is 9.66. The third kappa shape index (κ3) is 4.51. The second kappa shape index (κ2) is 6.89. The van der Waals surface area contributed by atoms with E-state index in [-0.39, 0.29) is 0 Å². The van der Waals surface area contributed by atoms with Crippen molar-refractivity contribution in [2.24, 2.45) is 0 Å². The van der Waals surface area contributed by atoms with Crippen molar-refractivity contribution in [1.82, 2.24) is 5.32 Å². The first-order valence-corrected chi connectivity index (χ1v) is 6.12. The minimum atomic E-state index is 0.296. The number of phenols is 1. The fourth-order valence-electron chi connectivity index (χ4n) is 1.38. The summed E-state index contributed by atoms with van der Waals surface area (Å²) in [6.07, 6.45) is 0.979. The van der Waals surface area contributed by atoms with Crippen LogP contribution in [0.2, 0.25) is 0 Å². The number of hydrogen-bond acceptors (Lipinski definition) is 3. The molecule has 0 bridgehead atoms. The normalized spacial score (nSPS) is 12.7. The molecule has 0 aliphatic carbocycles. The highest BCUT2D eigenvalue weighted by Gasteiger charge is 2.04. The van der Waals surface area contributed by atoms with Crippen LogP contribution in [0.25, 0.3) is 0 Å². The second-order valence-electron chi connectivity index (χ2n) is 3.84. The van der Waals surface area contributed by atoms with Crippen molar-refractivity contribution < 1.29 is 9.84 Å². The number of halogens is 1. The number of methoxy groups -OCH3 is 1. The summed E-state index contributed by atoms with van der Waals surface area (Å²) in [5, 5.41) is 12.8. The lowest BCUT2D eigenvalue weighted by molar-refractivity contribution is 0.184. The van der Waals surface area contributed by atoms with Crippen LogP contribution in [0.4, 0.5) is 0 Å². The van der Waals surface area contributed by atoms with Crippen molar-refractivity contribution in [2.75, 3.05) is 13.7 Å². The first-order valence-electron chi connectivity index (χ1n) is 5.33. The smallest absolute Gasteiger partial charge is 0.115 e. The molecule has 0 saturated carbocycles. The summed E-state index contributed by atoms with van der Waals surface area (Å²) in [6.45, 7) is 3.62. The maximum Gasteiger partial charge on any atom is 0.115 e. The summed E-state index contributed by atoms with van der Waals surface area (Å²) < 4.78 is 6.03. The van der Waals surface area contributed by atoms with Gasteiger partial charge in [-0.15, -0.1) is 0 Å². The van der Waals surface area contributed by atoms with E-state index >= 15 is 0 Å². The average molecular weight is 288 g/mol. The molecule has 0 radical (unpaired) electrons. The van der Waals surface area contributed by atoms with Crippen LogP contribution >= 0.6 is 15.9 Å². The molecule has 1 aromatic carbocycles. The van der Waals surface area contributed by atoms with Crippen LogP contribution in [-0.2, 0) is 11.3 Å². The van der Waals surface area contributed by atoms with E-state index in [1.807, 2.05) is 6.07 Å². The van der Waals surface area contributed by atoms with E-state index in [2.05, 4.69) is 28.2 Å². The fraction of sp³-hybridized carbons (Fsp3) is 0.500. The number of nitrogens with one attached hydrogen (secondary N) is 1. The number of phenolic OH excluding ortho intramolecular Hbond substituents is 1. The number of rotatable bonds is 6. The summed E-state index contributed by atoms with van der Waals surface area (Å²) in [4.78, 5) is 0. The van der Waals surface area contributed by atoms with Gasteiger partial charge >= 0.3 is 0 Å². The Morgan fingerprint density at radius 1 is 1.50 bits per heavy atom. The molecule has 4 heteroatoms. The number of benzene rings is 1. The second-order valence-corrected chi connectivity index (χ2v) is 4.69. The summed E-state index contributed by atoms with van der Waals surface area (Å²) >= 11 is 3.46. The summed E-state index contributed by atoms with van der Waals surface area (Å²) in [6, 6.07) is 5.68. The molecule has 0 aliphatic heterocycles. The van der Waals surface area contributed by atoms with Crippen LogP contribution in [0.3, 0.4) is 0 Å². The number of aromatic hydroxyl groups is 1. The minimum Gasteiger partial charge on any atom is -0.508 e. The standard InChI is InChI=1S/C12H18BrNO2/c1-9(5-6-16-2)14-8-10-7-11(15)3-4-12(10)13/h3-4,7,9,14-15H,5-6,8H2,1-2H3. The monoisotopic (exact) mass is 287 g/mol.